The molecule has 0 radical (unpaired) electrons. The van der Waals surface area contributed by atoms with Gasteiger partial charge in [0.1, 0.15) is 0 Å². The Labute approximate surface area is 109 Å². The molecule has 2 rings (SSSR count). The maximum Gasteiger partial charge on any atom is 0.0998 e. The predicted octanol–water partition coefficient (Wildman–Crippen LogP) is 2.83. The van der Waals surface area contributed by atoms with Crippen LogP contribution in [0.25, 0.3) is 5.69 Å². The standard InChI is InChI=1S/C12H15BrN4/c1-2-5-10(14)11-8-17(16-15-11)12-7-4-3-6-9(12)13/h3-4,6-8,10H,2,5,14H2,1H3. The quantitative estimate of drug-likeness (QED) is 0.943. The number of hydrogen-bond donors (Lipinski definition) is 1. The summed E-state index contributed by atoms with van der Waals surface area (Å²) in [5.74, 6) is 0. The maximum absolute atomic E-state index is 6.01. The van der Waals surface area contributed by atoms with Gasteiger partial charge in [-0.1, -0.05) is 30.7 Å². The highest BCUT2D eigenvalue weighted by molar-refractivity contribution is 9.10. The summed E-state index contributed by atoms with van der Waals surface area (Å²) in [6.45, 7) is 2.11. The smallest absolute Gasteiger partial charge is 0.0998 e. The van der Waals surface area contributed by atoms with Crippen LogP contribution in [0.2, 0.25) is 0 Å². The van der Waals surface area contributed by atoms with Crippen LogP contribution in [0.4, 0.5) is 0 Å². The monoisotopic (exact) mass is 294 g/mol. The van der Waals surface area contributed by atoms with Crippen LogP contribution in [0.3, 0.4) is 0 Å². The van der Waals surface area contributed by atoms with E-state index < -0.39 is 0 Å². The Kier molecular flexibility index (Phi) is 3.91. The summed E-state index contributed by atoms with van der Waals surface area (Å²) in [7, 11) is 0. The van der Waals surface area contributed by atoms with Gasteiger partial charge in [-0.05, 0) is 34.5 Å². The number of aromatic nitrogens is 3. The van der Waals surface area contributed by atoms with Gasteiger partial charge >= 0.3 is 0 Å². The fourth-order valence-electron chi connectivity index (χ4n) is 1.66. The van der Waals surface area contributed by atoms with Crippen LogP contribution in [0, 0.1) is 0 Å². The third-order valence-corrected chi connectivity index (χ3v) is 3.26. The Bertz CT molecular complexity index is 495. The van der Waals surface area contributed by atoms with Gasteiger partial charge in [0.05, 0.1) is 23.6 Å². The normalized spacial score (nSPS) is 12.6. The van der Waals surface area contributed by atoms with Crippen LogP contribution < -0.4 is 5.73 Å². The summed E-state index contributed by atoms with van der Waals surface area (Å²) in [6.07, 6.45) is 3.86. The molecule has 1 unspecified atom stereocenters. The summed E-state index contributed by atoms with van der Waals surface area (Å²) in [4.78, 5) is 0. The second-order valence-corrected chi connectivity index (χ2v) is 4.79. The minimum atomic E-state index is -0.0313. The molecule has 0 saturated heterocycles. The lowest BCUT2D eigenvalue weighted by molar-refractivity contribution is 0.619. The number of rotatable bonds is 4. The van der Waals surface area contributed by atoms with Gasteiger partial charge in [-0.3, -0.25) is 0 Å². The molecule has 17 heavy (non-hydrogen) atoms. The van der Waals surface area contributed by atoms with Crippen molar-refractivity contribution in [3.63, 3.8) is 0 Å². The topological polar surface area (TPSA) is 56.7 Å². The second kappa shape index (κ2) is 5.42. The lowest BCUT2D eigenvalue weighted by atomic mass is 10.1. The number of hydrogen-bond acceptors (Lipinski definition) is 3. The van der Waals surface area contributed by atoms with Gasteiger partial charge in [0, 0.05) is 4.47 Å². The van der Waals surface area contributed by atoms with Crippen LogP contribution in [0.5, 0.6) is 0 Å². The first kappa shape index (κ1) is 12.3. The number of para-hydroxylation sites is 1. The van der Waals surface area contributed by atoms with Gasteiger partial charge in [-0.15, -0.1) is 5.10 Å². The zero-order chi connectivity index (χ0) is 12.3. The van der Waals surface area contributed by atoms with E-state index in [0.717, 1.165) is 28.7 Å². The highest BCUT2D eigenvalue weighted by Gasteiger charge is 2.11. The largest absolute Gasteiger partial charge is 0.323 e. The molecular weight excluding hydrogens is 280 g/mol. The SMILES string of the molecule is CCCC(N)c1cn(-c2ccccc2Br)nn1. The number of nitrogens with two attached hydrogens (primary N) is 1. The van der Waals surface area contributed by atoms with Gasteiger partial charge in [0.15, 0.2) is 0 Å². The Morgan fingerprint density at radius 1 is 1.41 bits per heavy atom. The highest BCUT2D eigenvalue weighted by atomic mass is 79.9. The fraction of sp³-hybridized carbons (Fsp3) is 0.333. The Balaban J connectivity index is 2.27. The van der Waals surface area contributed by atoms with E-state index in [9.17, 15) is 0 Å². The molecular formula is C12H15BrN4. The number of nitrogens with zero attached hydrogens (tertiary/aromatic N) is 3. The fourth-order valence-corrected chi connectivity index (χ4v) is 2.13. The molecule has 2 aromatic rings. The Morgan fingerprint density at radius 2 is 2.18 bits per heavy atom. The summed E-state index contributed by atoms with van der Waals surface area (Å²) < 4.78 is 2.73. The molecule has 1 atom stereocenters. The average Bonchev–Trinajstić information content (AvgIpc) is 2.79. The van der Waals surface area contributed by atoms with Crippen LogP contribution in [0.1, 0.15) is 31.5 Å². The van der Waals surface area contributed by atoms with Crippen molar-refractivity contribution in [1.82, 2.24) is 15.0 Å². The molecule has 5 heteroatoms. The first-order chi connectivity index (χ1) is 8.22. The van der Waals surface area contributed by atoms with Crippen molar-refractivity contribution in [2.45, 2.75) is 25.8 Å². The number of halogens is 1. The van der Waals surface area contributed by atoms with Gasteiger partial charge in [-0.25, -0.2) is 4.68 Å². The summed E-state index contributed by atoms with van der Waals surface area (Å²) >= 11 is 3.49. The molecule has 1 aromatic heterocycles. The van der Waals surface area contributed by atoms with Gasteiger partial charge in [-0.2, -0.15) is 0 Å². The van der Waals surface area contributed by atoms with Crippen molar-refractivity contribution in [1.29, 1.82) is 0 Å². The van der Waals surface area contributed by atoms with E-state index in [0.29, 0.717) is 0 Å². The average molecular weight is 295 g/mol. The third-order valence-electron chi connectivity index (χ3n) is 2.59. The van der Waals surface area contributed by atoms with E-state index in [1.807, 2.05) is 30.5 Å². The van der Waals surface area contributed by atoms with Crippen molar-refractivity contribution >= 4 is 15.9 Å². The minimum absolute atomic E-state index is 0.0313. The zero-order valence-corrected chi connectivity index (χ0v) is 11.3. The molecule has 1 aromatic carbocycles. The summed E-state index contributed by atoms with van der Waals surface area (Å²) in [5.41, 5.74) is 7.81. The first-order valence-electron chi connectivity index (χ1n) is 5.65. The van der Waals surface area contributed by atoms with Crippen molar-refractivity contribution in [3.8, 4) is 5.69 Å². The molecule has 90 valence electrons. The van der Waals surface area contributed by atoms with E-state index in [-0.39, 0.29) is 6.04 Å². The van der Waals surface area contributed by atoms with E-state index >= 15 is 0 Å². The van der Waals surface area contributed by atoms with E-state index in [2.05, 4.69) is 33.2 Å². The lowest BCUT2D eigenvalue weighted by Gasteiger charge is -2.05. The molecule has 0 bridgehead atoms. The van der Waals surface area contributed by atoms with Crippen LogP contribution in [-0.2, 0) is 0 Å². The summed E-state index contributed by atoms with van der Waals surface area (Å²) in [6, 6.07) is 7.86. The molecule has 0 aliphatic rings. The van der Waals surface area contributed by atoms with Gasteiger partial charge in [0.2, 0.25) is 0 Å². The van der Waals surface area contributed by atoms with Crippen molar-refractivity contribution in [2.75, 3.05) is 0 Å². The molecule has 4 nitrogen and oxygen atoms in total. The van der Waals surface area contributed by atoms with Gasteiger partial charge in [0.25, 0.3) is 0 Å². The van der Waals surface area contributed by atoms with Crippen molar-refractivity contribution in [3.05, 3.63) is 40.6 Å². The second-order valence-electron chi connectivity index (χ2n) is 3.93. The minimum Gasteiger partial charge on any atom is -0.323 e. The van der Waals surface area contributed by atoms with E-state index in [1.165, 1.54) is 0 Å². The van der Waals surface area contributed by atoms with E-state index in [4.69, 9.17) is 5.73 Å². The number of benzene rings is 1. The van der Waals surface area contributed by atoms with Crippen LogP contribution >= 0.6 is 15.9 Å². The lowest BCUT2D eigenvalue weighted by Crippen LogP contribution is -2.10. The molecule has 0 saturated carbocycles. The molecule has 0 fully saturated rings. The predicted molar refractivity (Wildman–Crippen MR) is 70.9 cm³/mol. The highest BCUT2D eigenvalue weighted by Crippen LogP contribution is 2.21. The van der Waals surface area contributed by atoms with Crippen molar-refractivity contribution in [2.24, 2.45) is 5.73 Å². The van der Waals surface area contributed by atoms with Crippen LogP contribution in [-0.4, -0.2) is 15.0 Å². The van der Waals surface area contributed by atoms with Crippen molar-refractivity contribution < 1.29 is 0 Å². The molecule has 0 amide bonds. The molecule has 0 spiro atoms. The van der Waals surface area contributed by atoms with E-state index in [1.54, 1.807) is 4.68 Å². The van der Waals surface area contributed by atoms with Crippen LogP contribution in [0.15, 0.2) is 34.9 Å². The Morgan fingerprint density at radius 3 is 2.88 bits per heavy atom. The molecule has 1 heterocycles. The first-order valence-corrected chi connectivity index (χ1v) is 6.44. The van der Waals surface area contributed by atoms with Gasteiger partial charge < -0.3 is 5.73 Å². The third kappa shape index (κ3) is 2.73. The summed E-state index contributed by atoms with van der Waals surface area (Å²) in [5, 5.41) is 8.23. The molecule has 2 N–H and O–H groups in total. The molecule has 0 aliphatic carbocycles. The maximum atomic E-state index is 6.01. The zero-order valence-electron chi connectivity index (χ0n) is 9.68. The Hall–Kier alpha value is -1.20. The molecule has 0 aliphatic heterocycles.